The van der Waals surface area contributed by atoms with Gasteiger partial charge in [-0.3, -0.25) is 10.5 Å². The molecule has 0 radical (unpaired) electrons. The molecule has 23 heteroatoms. The molecule has 4 aliphatic rings. The summed E-state index contributed by atoms with van der Waals surface area (Å²) in [6, 6.07) is 0. The molecule has 0 heterocycles. The molecule has 2 N–H and O–H groups in total. The molecule has 1 unspecified atom stereocenters. The van der Waals surface area contributed by atoms with E-state index in [2.05, 4.69) is 5.73 Å². The minimum Gasteiger partial charge on any atom is -0.290 e. The fourth-order valence-corrected chi connectivity index (χ4v) is 4.43. The molecule has 4 rings (SSSR count). The van der Waals surface area contributed by atoms with Crippen LogP contribution in [0, 0.1) is 0 Å². The van der Waals surface area contributed by atoms with Crippen molar-refractivity contribution in [3.05, 3.63) is 0 Å². The Morgan fingerprint density at radius 1 is 0.417 bits per heavy atom. The summed E-state index contributed by atoms with van der Waals surface area (Å²) >= 11 is 0. The number of alkyl halides is 21. The van der Waals surface area contributed by atoms with Crippen LogP contribution >= 0.6 is 0 Å². The second-order valence-corrected chi connectivity index (χ2v) is 7.93. The summed E-state index contributed by atoms with van der Waals surface area (Å²) < 4.78 is 296. The maximum Gasteiger partial charge on any atom is 0.445 e. The average molecular weight is 587 g/mol. The Labute approximate surface area is 180 Å². The normalized spacial score (nSPS) is 44.8. The topological polar surface area (TPSA) is 35.2 Å². The van der Waals surface area contributed by atoms with Crippen molar-refractivity contribution in [1.82, 2.24) is 0 Å². The van der Waals surface area contributed by atoms with Crippen LogP contribution < -0.4 is 5.73 Å². The molecule has 0 aliphatic heterocycles. The number of ether oxygens (including phenoxy) is 1. The number of halogens is 21. The van der Waals surface area contributed by atoms with Crippen molar-refractivity contribution < 1.29 is 96.9 Å². The number of hydrogen-bond acceptors (Lipinski definition) is 2. The molecule has 212 valence electrons. The van der Waals surface area contributed by atoms with E-state index in [4.69, 9.17) is 0 Å². The molecular formula is C13H2F21NO. The Balaban J connectivity index is 2.63. The highest BCUT2D eigenvalue weighted by Crippen LogP contribution is 2.89. The summed E-state index contributed by atoms with van der Waals surface area (Å²) in [4.78, 5) is 0. The minimum absolute atomic E-state index is 1.63. The Morgan fingerprint density at radius 3 is 0.833 bits per heavy atom. The lowest BCUT2D eigenvalue weighted by molar-refractivity contribution is -0.634. The fraction of sp³-hybridized carbons (Fsp3) is 1.00. The third-order valence-electron chi connectivity index (χ3n) is 6.34. The first-order chi connectivity index (χ1) is 15.2. The van der Waals surface area contributed by atoms with Crippen molar-refractivity contribution in [2.45, 2.75) is 76.2 Å². The molecule has 0 spiro atoms. The van der Waals surface area contributed by atoms with Crippen LogP contribution in [-0.4, -0.2) is 76.2 Å². The highest BCUT2D eigenvalue weighted by atomic mass is 19.4. The first-order valence-electron chi connectivity index (χ1n) is 8.17. The zero-order chi connectivity index (χ0) is 29.2. The Bertz CT molecular complexity index is 881. The van der Waals surface area contributed by atoms with Crippen LogP contribution in [0.3, 0.4) is 0 Å². The zero-order valence-corrected chi connectivity index (χ0v) is 15.4. The van der Waals surface area contributed by atoms with Gasteiger partial charge in [0.05, 0.1) is 0 Å². The van der Waals surface area contributed by atoms with E-state index in [9.17, 15) is 92.2 Å². The van der Waals surface area contributed by atoms with Crippen molar-refractivity contribution >= 4 is 0 Å². The van der Waals surface area contributed by atoms with Gasteiger partial charge < -0.3 is 0 Å². The maximum atomic E-state index is 14.7. The second-order valence-electron chi connectivity index (χ2n) is 7.93. The van der Waals surface area contributed by atoms with Gasteiger partial charge in [0.2, 0.25) is 0 Å². The lowest BCUT2D eigenvalue weighted by atomic mass is 9.40. The predicted octanol–water partition coefficient (Wildman–Crippen LogP) is 5.50. The number of hydrogen-bond donors (Lipinski definition) is 1. The predicted molar refractivity (Wildman–Crippen MR) is 64.0 cm³/mol. The molecule has 0 saturated heterocycles. The zero-order valence-electron chi connectivity index (χ0n) is 15.4. The van der Waals surface area contributed by atoms with Crippen molar-refractivity contribution in [2.75, 3.05) is 0 Å². The first-order valence-corrected chi connectivity index (χ1v) is 8.17. The van der Waals surface area contributed by atoms with E-state index in [-0.39, 0.29) is 0 Å². The van der Waals surface area contributed by atoms with Gasteiger partial charge in [-0.2, -0.15) is 74.6 Å². The fourth-order valence-electron chi connectivity index (χ4n) is 4.43. The molecule has 0 amide bonds. The highest BCUT2D eigenvalue weighted by molar-refractivity contribution is 5.54. The van der Waals surface area contributed by atoms with Gasteiger partial charge in [0, 0.05) is 0 Å². The minimum atomic E-state index is -8.63. The van der Waals surface area contributed by atoms with Gasteiger partial charge in [-0.15, -0.1) is 0 Å². The van der Waals surface area contributed by atoms with Gasteiger partial charge in [-0.1, -0.05) is 0 Å². The number of rotatable bonds is 3. The average Bonchev–Trinajstić information content (AvgIpc) is 2.64. The molecule has 4 saturated carbocycles. The summed E-state index contributed by atoms with van der Waals surface area (Å²) in [5.74, 6) is -58.4. The van der Waals surface area contributed by atoms with Gasteiger partial charge in [-0.05, 0) is 0 Å². The second kappa shape index (κ2) is 5.87. The van der Waals surface area contributed by atoms with Crippen LogP contribution in [0.1, 0.15) is 0 Å². The number of nitrogens with two attached hydrogens (primary N) is 1. The van der Waals surface area contributed by atoms with Gasteiger partial charge in [0.1, 0.15) is 0 Å². The standard InChI is InChI=1S/C13H2F21NO/c14-1-5(17,18)2(15)7(21,22)3(16,6(1,19)20)10(27,28)4(8(1,23)24,9(2,25)26)36-13(33,34)11(29,35)12(30,31)32/h35H2. The molecule has 4 bridgehead atoms. The van der Waals surface area contributed by atoms with Crippen molar-refractivity contribution in [1.29, 1.82) is 0 Å². The monoisotopic (exact) mass is 587 g/mol. The molecule has 0 aromatic heterocycles. The quantitative estimate of drug-likeness (QED) is 0.350. The van der Waals surface area contributed by atoms with Gasteiger partial charge in [0.25, 0.3) is 5.60 Å². The van der Waals surface area contributed by atoms with E-state index in [1.165, 1.54) is 0 Å². The SMILES string of the molecule is NC(F)(C(F)(F)F)C(F)(F)OC12C(F)(F)C3(F)C(F)(F)C(F)(C(F)(F)C(F)(C3(F)F)C1(F)F)C2(F)F. The Hall–Kier alpha value is -1.55. The summed E-state index contributed by atoms with van der Waals surface area (Å²) in [5.41, 5.74) is -30.5. The van der Waals surface area contributed by atoms with Crippen LogP contribution in [0.15, 0.2) is 0 Å². The van der Waals surface area contributed by atoms with Gasteiger partial charge >= 0.3 is 70.6 Å². The van der Waals surface area contributed by atoms with E-state index in [0.29, 0.717) is 0 Å². The van der Waals surface area contributed by atoms with E-state index in [0.717, 1.165) is 0 Å². The van der Waals surface area contributed by atoms with E-state index >= 15 is 0 Å². The first kappa shape index (κ1) is 29.0. The van der Waals surface area contributed by atoms with Crippen LogP contribution in [0.5, 0.6) is 0 Å². The van der Waals surface area contributed by atoms with E-state index in [1.54, 1.807) is 4.74 Å². The van der Waals surface area contributed by atoms with Crippen LogP contribution in [0.2, 0.25) is 0 Å². The van der Waals surface area contributed by atoms with Crippen LogP contribution in [0.4, 0.5) is 92.2 Å². The lowest BCUT2D eigenvalue weighted by Crippen LogP contribution is -3.10. The van der Waals surface area contributed by atoms with Crippen molar-refractivity contribution in [3.8, 4) is 0 Å². The molecule has 0 aromatic carbocycles. The molecule has 4 fully saturated rings. The van der Waals surface area contributed by atoms with Gasteiger partial charge in [-0.25, -0.2) is 17.6 Å². The molecular weight excluding hydrogens is 585 g/mol. The Morgan fingerprint density at radius 2 is 0.639 bits per heavy atom. The highest BCUT2D eigenvalue weighted by Gasteiger charge is 3.23. The molecule has 2 nitrogen and oxygen atoms in total. The smallest absolute Gasteiger partial charge is 0.290 e. The van der Waals surface area contributed by atoms with Crippen molar-refractivity contribution in [2.24, 2.45) is 5.73 Å². The maximum absolute atomic E-state index is 14.7. The summed E-state index contributed by atoms with van der Waals surface area (Å²) in [5, 5.41) is 0. The third-order valence-corrected chi connectivity index (χ3v) is 6.34. The summed E-state index contributed by atoms with van der Waals surface area (Å²) in [6.07, 6.45) is -15.5. The van der Waals surface area contributed by atoms with Crippen LogP contribution in [-0.2, 0) is 4.74 Å². The summed E-state index contributed by atoms with van der Waals surface area (Å²) in [7, 11) is 0. The Kier molecular flexibility index (Phi) is 4.73. The van der Waals surface area contributed by atoms with E-state index < -0.39 is 76.2 Å². The van der Waals surface area contributed by atoms with Crippen LogP contribution in [0.25, 0.3) is 0 Å². The van der Waals surface area contributed by atoms with E-state index in [1.807, 2.05) is 0 Å². The molecule has 36 heavy (non-hydrogen) atoms. The largest absolute Gasteiger partial charge is 0.445 e. The van der Waals surface area contributed by atoms with Gasteiger partial charge in [0.15, 0.2) is 0 Å². The molecule has 0 aromatic rings. The molecule has 4 aliphatic carbocycles. The van der Waals surface area contributed by atoms with Crippen molar-refractivity contribution in [3.63, 3.8) is 0 Å². The molecule has 1 atom stereocenters. The third kappa shape index (κ3) is 1.89. The lowest BCUT2D eigenvalue weighted by Gasteiger charge is -2.74. The summed E-state index contributed by atoms with van der Waals surface area (Å²) in [6.45, 7) is 0.